The van der Waals surface area contributed by atoms with Crippen LogP contribution in [0.4, 0.5) is 5.69 Å². The van der Waals surface area contributed by atoms with Crippen LogP contribution in [-0.2, 0) is 4.74 Å². The van der Waals surface area contributed by atoms with Crippen molar-refractivity contribution in [3.63, 3.8) is 0 Å². The fourth-order valence-electron chi connectivity index (χ4n) is 2.73. The van der Waals surface area contributed by atoms with Gasteiger partial charge in [-0.2, -0.15) is 0 Å². The van der Waals surface area contributed by atoms with Gasteiger partial charge in [0.15, 0.2) is 0 Å². The third-order valence-electron chi connectivity index (χ3n) is 3.56. The molecule has 1 spiro atoms. The van der Waals surface area contributed by atoms with Crippen LogP contribution in [0.25, 0.3) is 0 Å². The molecule has 3 rings (SSSR count). The van der Waals surface area contributed by atoms with E-state index in [-0.39, 0.29) is 5.60 Å². The molecular formula is C13H18N2O. The van der Waals surface area contributed by atoms with Gasteiger partial charge in [-0.3, -0.25) is 0 Å². The topological polar surface area (TPSA) is 33.3 Å². The highest BCUT2D eigenvalue weighted by Crippen LogP contribution is 2.32. The number of benzene rings is 1. The Bertz CT molecular complexity index is 346. The van der Waals surface area contributed by atoms with Crippen molar-refractivity contribution in [2.45, 2.75) is 24.5 Å². The van der Waals surface area contributed by atoms with Gasteiger partial charge in [0.05, 0.1) is 18.2 Å². The predicted molar refractivity (Wildman–Crippen MR) is 64.6 cm³/mol. The first kappa shape index (κ1) is 10.1. The number of para-hydroxylation sites is 1. The maximum atomic E-state index is 5.96. The molecule has 0 amide bonds. The third-order valence-corrected chi connectivity index (χ3v) is 3.56. The van der Waals surface area contributed by atoms with Gasteiger partial charge in [-0.25, -0.2) is 0 Å². The van der Waals surface area contributed by atoms with Crippen molar-refractivity contribution in [3.8, 4) is 0 Å². The molecule has 86 valence electrons. The molecule has 2 heterocycles. The zero-order valence-corrected chi connectivity index (χ0v) is 9.41. The van der Waals surface area contributed by atoms with Crippen LogP contribution < -0.4 is 10.6 Å². The van der Waals surface area contributed by atoms with Crippen molar-refractivity contribution >= 4 is 5.69 Å². The molecule has 0 unspecified atom stereocenters. The first-order chi connectivity index (χ1) is 7.86. The molecule has 0 aromatic heterocycles. The number of hydrogen-bond acceptors (Lipinski definition) is 3. The molecule has 0 bridgehead atoms. The van der Waals surface area contributed by atoms with E-state index in [0.717, 1.165) is 32.5 Å². The van der Waals surface area contributed by atoms with E-state index in [1.165, 1.54) is 5.69 Å². The lowest BCUT2D eigenvalue weighted by molar-refractivity contribution is 0.0214. The first-order valence-corrected chi connectivity index (χ1v) is 6.03. The minimum absolute atomic E-state index is 0.118. The highest BCUT2D eigenvalue weighted by Gasteiger charge is 2.42. The van der Waals surface area contributed by atoms with E-state index in [2.05, 4.69) is 34.9 Å². The molecule has 16 heavy (non-hydrogen) atoms. The summed E-state index contributed by atoms with van der Waals surface area (Å²) in [6.07, 6.45) is 2.27. The Labute approximate surface area is 96.2 Å². The van der Waals surface area contributed by atoms with E-state index in [1.807, 2.05) is 6.07 Å². The average Bonchev–Trinajstić information content (AvgIpc) is 2.92. The van der Waals surface area contributed by atoms with E-state index in [0.29, 0.717) is 6.04 Å². The minimum Gasteiger partial charge on any atom is -0.380 e. The molecule has 0 radical (unpaired) electrons. The lowest BCUT2D eigenvalue weighted by Crippen LogP contribution is -2.31. The second-order valence-corrected chi connectivity index (χ2v) is 4.83. The second-order valence-electron chi connectivity index (χ2n) is 4.83. The molecule has 2 fully saturated rings. The summed E-state index contributed by atoms with van der Waals surface area (Å²) in [6, 6.07) is 10.8. The Kier molecular flexibility index (Phi) is 2.58. The van der Waals surface area contributed by atoms with Crippen LogP contribution >= 0.6 is 0 Å². The maximum absolute atomic E-state index is 5.96. The van der Waals surface area contributed by atoms with Gasteiger partial charge in [-0.15, -0.1) is 0 Å². The fraction of sp³-hybridized carbons (Fsp3) is 0.538. The number of nitrogens with one attached hydrogen (secondary N) is 2. The molecule has 2 aliphatic rings. The van der Waals surface area contributed by atoms with Crippen LogP contribution in [0.3, 0.4) is 0 Å². The van der Waals surface area contributed by atoms with Gasteiger partial charge in [0.2, 0.25) is 0 Å². The molecule has 2 aliphatic heterocycles. The predicted octanol–water partition coefficient (Wildman–Crippen LogP) is 1.62. The molecule has 0 aliphatic carbocycles. The lowest BCUT2D eigenvalue weighted by atomic mass is 9.97. The first-order valence-electron chi connectivity index (χ1n) is 6.03. The van der Waals surface area contributed by atoms with Crippen LogP contribution in [0, 0.1) is 0 Å². The van der Waals surface area contributed by atoms with Crippen molar-refractivity contribution in [1.82, 2.24) is 5.32 Å². The van der Waals surface area contributed by atoms with Gasteiger partial charge in [0.1, 0.15) is 0 Å². The number of hydrogen-bond donors (Lipinski definition) is 2. The molecule has 0 saturated carbocycles. The highest BCUT2D eigenvalue weighted by atomic mass is 16.5. The zero-order chi connectivity index (χ0) is 10.8. The largest absolute Gasteiger partial charge is 0.380 e. The second kappa shape index (κ2) is 4.07. The van der Waals surface area contributed by atoms with Gasteiger partial charge in [-0.1, -0.05) is 18.2 Å². The highest BCUT2D eigenvalue weighted by molar-refractivity contribution is 5.43. The quantitative estimate of drug-likeness (QED) is 0.791. The molecule has 2 atom stereocenters. The van der Waals surface area contributed by atoms with Gasteiger partial charge in [0, 0.05) is 18.7 Å². The summed E-state index contributed by atoms with van der Waals surface area (Å²) in [5.74, 6) is 0. The van der Waals surface area contributed by atoms with Crippen molar-refractivity contribution in [2.24, 2.45) is 0 Å². The van der Waals surface area contributed by atoms with Gasteiger partial charge in [-0.05, 0) is 25.1 Å². The lowest BCUT2D eigenvalue weighted by Gasteiger charge is -2.20. The SMILES string of the molecule is c1ccc(N[C@H]2CO[C@@]3(CCNC3)C2)cc1. The van der Waals surface area contributed by atoms with Gasteiger partial charge >= 0.3 is 0 Å². The summed E-state index contributed by atoms with van der Waals surface area (Å²) in [7, 11) is 0. The molecule has 3 heteroatoms. The van der Waals surface area contributed by atoms with Crippen LogP contribution in [0.15, 0.2) is 30.3 Å². The Morgan fingerprint density at radius 1 is 1.31 bits per heavy atom. The summed E-state index contributed by atoms with van der Waals surface area (Å²) >= 11 is 0. The van der Waals surface area contributed by atoms with E-state index >= 15 is 0 Å². The summed E-state index contributed by atoms with van der Waals surface area (Å²) in [6.45, 7) is 2.94. The number of rotatable bonds is 2. The number of anilines is 1. The van der Waals surface area contributed by atoms with E-state index in [1.54, 1.807) is 0 Å². The number of ether oxygens (including phenoxy) is 1. The summed E-state index contributed by atoms with van der Waals surface area (Å²) in [5.41, 5.74) is 1.31. The monoisotopic (exact) mass is 218 g/mol. The van der Waals surface area contributed by atoms with Crippen molar-refractivity contribution in [2.75, 3.05) is 25.0 Å². The molecule has 1 aromatic rings. The zero-order valence-electron chi connectivity index (χ0n) is 9.41. The van der Waals surface area contributed by atoms with Crippen molar-refractivity contribution in [1.29, 1.82) is 0 Å². The van der Waals surface area contributed by atoms with E-state index < -0.39 is 0 Å². The third kappa shape index (κ3) is 1.93. The summed E-state index contributed by atoms with van der Waals surface area (Å²) in [4.78, 5) is 0. The average molecular weight is 218 g/mol. The molecule has 2 N–H and O–H groups in total. The normalized spacial score (nSPS) is 33.4. The van der Waals surface area contributed by atoms with Crippen LogP contribution in [0.5, 0.6) is 0 Å². The summed E-state index contributed by atoms with van der Waals surface area (Å²) < 4.78 is 5.96. The van der Waals surface area contributed by atoms with E-state index in [9.17, 15) is 0 Å². The molecule has 3 nitrogen and oxygen atoms in total. The van der Waals surface area contributed by atoms with Gasteiger partial charge in [0.25, 0.3) is 0 Å². The smallest absolute Gasteiger partial charge is 0.0839 e. The Morgan fingerprint density at radius 3 is 2.94 bits per heavy atom. The Hall–Kier alpha value is -1.06. The standard InChI is InChI=1S/C13H18N2O/c1-2-4-11(5-3-1)15-12-8-13(16-9-12)6-7-14-10-13/h1-5,12,14-15H,6-10H2/t12-,13+/m1/s1. The van der Waals surface area contributed by atoms with Crippen molar-refractivity contribution in [3.05, 3.63) is 30.3 Å². The van der Waals surface area contributed by atoms with Crippen LogP contribution in [-0.4, -0.2) is 31.3 Å². The van der Waals surface area contributed by atoms with Gasteiger partial charge < -0.3 is 15.4 Å². The summed E-state index contributed by atoms with van der Waals surface area (Å²) in [5, 5.41) is 6.93. The van der Waals surface area contributed by atoms with Crippen molar-refractivity contribution < 1.29 is 4.74 Å². The minimum atomic E-state index is 0.118. The molecular weight excluding hydrogens is 200 g/mol. The maximum Gasteiger partial charge on any atom is 0.0839 e. The van der Waals surface area contributed by atoms with Crippen LogP contribution in [0.2, 0.25) is 0 Å². The molecule has 1 aromatic carbocycles. The fourth-order valence-corrected chi connectivity index (χ4v) is 2.73. The van der Waals surface area contributed by atoms with E-state index in [4.69, 9.17) is 4.74 Å². The molecule has 2 saturated heterocycles. The Balaban J connectivity index is 1.62. The Morgan fingerprint density at radius 2 is 2.19 bits per heavy atom. The van der Waals surface area contributed by atoms with Crippen LogP contribution in [0.1, 0.15) is 12.8 Å².